The summed E-state index contributed by atoms with van der Waals surface area (Å²) in [6, 6.07) is 0. The minimum absolute atomic E-state index is 0.177. The fourth-order valence-electron chi connectivity index (χ4n) is 1.65. The van der Waals surface area contributed by atoms with Gasteiger partial charge in [-0.3, -0.25) is 0 Å². The molecule has 1 heterocycles. The van der Waals surface area contributed by atoms with Crippen molar-refractivity contribution in [3.8, 4) is 0 Å². The third kappa shape index (κ3) is 4.38. The van der Waals surface area contributed by atoms with Crippen LogP contribution in [-0.2, 0) is 10.2 Å². The fraction of sp³-hybridized carbons (Fsp3) is 1.00. The molecule has 0 bridgehead atoms. The van der Waals surface area contributed by atoms with Crippen LogP contribution >= 0.6 is 15.9 Å². The summed E-state index contributed by atoms with van der Waals surface area (Å²) >= 11 is 2.97. The Morgan fingerprint density at radius 1 is 1.24 bits per heavy atom. The van der Waals surface area contributed by atoms with Crippen LogP contribution in [0.1, 0.15) is 12.8 Å². The van der Waals surface area contributed by atoms with Crippen LogP contribution in [-0.4, -0.2) is 54.7 Å². The molecule has 0 radical (unpaired) electrons. The third-order valence-corrected chi connectivity index (χ3v) is 4.74. The molecule has 1 aliphatic rings. The van der Waals surface area contributed by atoms with E-state index < -0.39 is 22.9 Å². The molecule has 0 aromatic rings. The standard InChI is InChI=1S/C8H14BrF3N2O2S/c9-3-6-14(7-8(10,11)12)17(15,16)13-4-1-2-5-13/h1-7H2. The molecule has 0 aliphatic carbocycles. The first-order valence-corrected chi connectivity index (χ1v) is 7.67. The van der Waals surface area contributed by atoms with Crippen molar-refractivity contribution in [2.24, 2.45) is 0 Å². The van der Waals surface area contributed by atoms with Gasteiger partial charge in [0.1, 0.15) is 6.54 Å². The number of nitrogens with zero attached hydrogens (tertiary/aromatic N) is 2. The third-order valence-electron chi connectivity index (χ3n) is 2.41. The molecule has 0 N–H and O–H groups in total. The van der Waals surface area contributed by atoms with Gasteiger partial charge in [0.15, 0.2) is 0 Å². The minimum Gasteiger partial charge on any atom is -0.195 e. The lowest BCUT2D eigenvalue weighted by Crippen LogP contribution is -2.47. The van der Waals surface area contributed by atoms with Gasteiger partial charge in [0.05, 0.1) is 0 Å². The second-order valence-electron chi connectivity index (χ2n) is 3.75. The molecule has 1 rings (SSSR count). The van der Waals surface area contributed by atoms with E-state index in [0.717, 1.165) is 4.31 Å². The summed E-state index contributed by atoms with van der Waals surface area (Å²) in [5, 5.41) is 0.177. The molecular formula is C8H14BrF3N2O2S. The van der Waals surface area contributed by atoms with Gasteiger partial charge < -0.3 is 0 Å². The molecule has 0 aromatic carbocycles. The van der Waals surface area contributed by atoms with Crippen molar-refractivity contribution in [2.45, 2.75) is 19.0 Å². The zero-order valence-corrected chi connectivity index (χ0v) is 11.5. The van der Waals surface area contributed by atoms with Gasteiger partial charge in [0.25, 0.3) is 10.2 Å². The van der Waals surface area contributed by atoms with Crippen LogP contribution in [0.25, 0.3) is 0 Å². The van der Waals surface area contributed by atoms with Crippen LogP contribution in [0.3, 0.4) is 0 Å². The lowest BCUT2D eigenvalue weighted by molar-refractivity contribution is -0.136. The maximum absolute atomic E-state index is 12.3. The van der Waals surface area contributed by atoms with Crippen LogP contribution < -0.4 is 0 Å². The molecule has 0 unspecified atom stereocenters. The Balaban J connectivity index is 2.81. The van der Waals surface area contributed by atoms with Crippen LogP contribution in [0.5, 0.6) is 0 Å². The average Bonchev–Trinajstić information content (AvgIpc) is 2.68. The van der Waals surface area contributed by atoms with Crippen molar-refractivity contribution >= 4 is 26.1 Å². The van der Waals surface area contributed by atoms with E-state index in [-0.39, 0.29) is 11.9 Å². The smallest absolute Gasteiger partial charge is 0.195 e. The van der Waals surface area contributed by atoms with Gasteiger partial charge in [-0.05, 0) is 12.8 Å². The molecule has 1 saturated heterocycles. The zero-order chi connectivity index (χ0) is 13.1. The largest absolute Gasteiger partial charge is 0.402 e. The Kier molecular flexibility index (Phi) is 5.23. The molecule has 17 heavy (non-hydrogen) atoms. The molecule has 4 nitrogen and oxygen atoms in total. The van der Waals surface area contributed by atoms with Crippen molar-refractivity contribution in [2.75, 3.05) is 31.5 Å². The van der Waals surface area contributed by atoms with Crippen LogP contribution in [0.4, 0.5) is 13.2 Å². The Labute approximate surface area is 107 Å². The quantitative estimate of drug-likeness (QED) is 0.714. The molecule has 0 spiro atoms. The van der Waals surface area contributed by atoms with Crippen LogP contribution in [0.2, 0.25) is 0 Å². The summed E-state index contributed by atoms with van der Waals surface area (Å²) in [4.78, 5) is 0. The topological polar surface area (TPSA) is 40.6 Å². The van der Waals surface area contributed by atoms with Crippen molar-refractivity contribution in [3.05, 3.63) is 0 Å². The SMILES string of the molecule is O=S(=O)(N1CCCC1)N(CCBr)CC(F)(F)F. The summed E-state index contributed by atoms with van der Waals surface area (Å²) in [6.07, 6.45) is -3.12. The summed E-state index contributed by atoms with van der Waals surface area (Å²) in [5.41, 5.74) is 0. The first-order chi connectivity index (χ1) is 7.77. The van der Waals surface area contributed by atoms with Gasteiger partial charge in [0, 0.05) is 25.0 Å². The van der Waals surface area contributed by atoms with E-state index in [4.69, 9.17) is 0 Å². The van der Waals surface area contributed by atoms with Crippen LogP contribution in [0.15, 0.2) is 0 Å². The monoisotopic (exact) mass is 338 g/mol. The van der Waals surface area contributed by atoms with Crippen molar-refractivity contribution in [1.82, 2.24) is 8.61 Å². The number of rotatable bonds is 5. The predicted octanol–water partition coefficient (Wildman–Crippen LogP) is 1.59. The van der Waals surface area contributed by atoms with Crippen molar-refractivity contribution < 1.29 is 21.6 Å². The minimum atomic E-state index is -4.52. The number of hydrogen-bond donors (Lipinski definition) is 0. The second-order valence-corrected chi connectivity index (χ2v) is 6.47. The highest BCUT2D eigenvalue weighted by molar-refractivity contribution is 9.09. The van der Waals surface area contributed by atoms with Crippen LogP contribution in [0, 0.1) is 0 Å². The van der Waals surface area contributed by atoms with E-state index in [0.29, 0.717) is 30.2 Å². The summed E-state index contributed by atoms with van der Waals surface area (Å²) in [5.74, 6) is 0. The highest BCUT2D eigenvalue weighted by Crippen LogP contribution is 2.22. The van der Waals surface area contributed by atoms with E-state index >= 15 is 0 Å². The molecule has 0 saturated carbocycles. The lowest BCUT2D eigenvalue weighted by Gasteiger charge is -2.27. The highest BCUT2D eigenvalue weighted by Gasteiger charge is 2.39. The molecule has 1 fully saturated rings. The lowest BCUT2D eigenvalue weighted by atomic mass is 10.4. The Morgan fingerprint density at radius 2 is 1.76 bits per heavy atom. The Bertz CT molecular complexity index is 341. The van der Waals surface area contributed by atoms with Crippen molar-refractivity contribution in [1.29, 1.82) is 0 Å². The molecule has 9 heteroatoms. The summed E-state index contributed by atoms with van der Waals surface area (Å²) in [7, 11) is -3.98. The summed E-state index contributed by atoms with van der Waals surface area (Å²) in [6.45, 7) is -1.01. The van der Waals surface area contributed by atoms with Crippen molar-refractivity contribution in [3.63, 3.8) is 0 Å². The van der Waals surface area contributed by atoms with Gasteiger partial charge in [-0.1, -0.05) is 15.9 Å². The number of halogens is 4. The average molecular weight is 339 g/mol. The maximum atomic E-state index is 12.3. The van der Waals surface area contributed by atoms with E-state index in [1.54, 1.807) is 0 Å². The maximum Gasteiger partial charge on any atom is 0.402 e. The first-order valence-electron chi connectivity index (χ1n) is 5.15. The Morgan fingerprint density at radius 3 is 2.18 bits per heavy atom. The van der Waals surface area contributed by atoms with Gasteiger partial charge in [-0.25, -0.2) is 0 Å². The normalized spacial score (nSPS) is 19.1. The van der Waals surface area contributed by atoms with E-state index in [2.05, 4.69) is 15.9 Å². The number of hydrogen-bond acceptors (Lipinski definition) is 2. The highest BCUT2D eigenvalue weighted by atomic mass is 79.9. The van der Waals surface area contributed by atoms with Gasteiger partial charge >= 0.3 is 6.18 Å². The molecule has 0 amide bonds. The van der Waals surface area contributed by atoms with Gasteiger partial charge in [-0.15, -0.1) is 0 Å². The summed E-state index contributed by atoms with van der Waals surface area (Å²) < 4.78 is 62.4. The van der Waals surface area contributed by atoms with Gasteiger partial charge in [-0.2, -0.15) is 30.2 Å². The Hall–Kier alpha value is 0.140. The predicted molar refractivity (Wildman–Crippen MR) is 61.1 cm³/mol. The van der Waals surface area contributed by atoms with E-state index in [1.807, 2.05) is 0 Å². The number of alkyl halides is 4. The molecule has 102 valence electrons. The molecule has 0 aromatic heterocycles. The second kappa shape index (κ2) is 5.85. The fourth-order valence-corrected chi connectivity index (χ4v) is 3.99. The molecule has 1 aliphatic heterocycles. The van der Waals surface area contributed by atoms with E-state index in [9.17, 15) is 21.6 Å². The van der Waals surface area contributed by atoms with E-state index in [1.165, 1.54) is 0 Å². The van der Waals surface area contributed by atoms with Gasteiger partial charge in [0.2, 0.25) is 0 Å². The zero-order valence-electron chi connectivity index (χ0n) is 9.08. The molecule has 0 atom stereocenters. The molecular weight excluding hydrogens is 325 g/mol. The first kappa shape index (κ1) is 15.2.